The Kier molecular flexibility index (Phi) is 4.58. The second kappa shape index (κ2) is 5.97. The average molecular weight is 444 g/mol. The number of rotatable bonds is 3. The number of fused-ring (bicyclic) bond motifs is 1. The van der Waals surface area contributed by atoms with Gasteiger partial charge in [0.25, 0.3) is 0 Å². The van der Waals surface area contributed by atoms with Crippen molar-refractivity contribution in [3.05, 3.63) is 23.9 Å². The van der Waals surface area contributed by atoms with E-state index in [1.807, 2.05) is 0 Å². The van der Waals surface area contributed by atoms with Crippen LogP contribution in [0, 0.1) is 0 Å². The van der Waals surface area contributed by atoms with Gasteiger partial charge in [-0.15, -0.1) is 0 Å². The van der Waals surface area contributed by atoms with Crippen LogP contribution in [0.1, 0.15) is 53.2 Å². The van der Waals surface area contributed by atoms with Crippen molar-refractivity contribution < 1.29 is 9.31 Å². The summed E-state index contributed by atoms with van der Waals surface area (Å²) in [6.45, 7) is 12.8. The van der Waals surface area contributed by atoms with E-state index in [-0.39, 0.29) is 18.3 Å². The number of aromatic nitrogens is 2. The second-order valence-corrected chi connectivity index (χ2v) is 9.44. The number of benzene rings is 1. The van der Waals surface area contributed by atoms with E-state index < -0.39 is 0 Å². The van der Waals surface area contributed by atoms with Crippen molar-refractivity contribution in [2.45, 2.75) is 58.7 Å². The van der Waals surface area contributed by atoms with E-state index in [1.165, 1.54) is 11.1 Å². The Bertz CT molecular complexity index is 729. The summed E-state index contributed by atoms with van der Waals surface area (Å²) in [6.07, 6.45) is 0.604. The normalized spacial score (nSPS) is 20.4. The molecule has 0 amide bonds. The quantitative estimate of drug-likeness (QED) is 0.404. The van der Waals surface area contributed by atoms with Crippen LogP contribution in [0.5, 0.6) is 0 Å². The highest BCUT2D eigenvalue weighted by atomic mass is 127. The van der Waals surface area contributed by atoms with Crippen LogP contribution in [0.15, 0.2) is 18.2 Å². The van der Waals surface area contributed by atoms with Crippen LogP contribution in [0.25, 0.3) is 10.9 Å². The van der Waals surface area contributed by atoms with Crippen molar-refractivity contribution in [1.82, 2.24) is 9.55 Å². The van der Waals surface area contributed by atoms with Crippen LogP contribution in [-0.2, 0) is 9.31 Å². The monoisotopic (exact) mass is 444 g/mol. The van der Waals surface area contributed by atoms with Crippen molar-refractivity contribution in [2.75, 3.05) is 0 Å². The van der Waals surface area contributed by atoms with Gasteiger partial charge >= 0.3 is 7.12 Å². The Morgan fingerprint density at radius 2 is 1.78 bits per heavy atom. The highest BCUT2D eigenvalue weighted by Crippen LogP contribution is 2.37. The molecular weight excluding hydrogens is 421 g/mol. The van der Waals surface area contributed by atoms with Crippen molar-refractivity contribution in [2.24, 2.45) is 0 Å². The van der Waals surface area contributed by atoms with Gasteiger partial charge in [0.2, 0.25) is 0 Å². The molecule has 1 fully saturated rings. The first-order valence-electron chi connectivity index (χ1n) is 7.91. The molecule has 1 aromatic heterocycles. The first-order chi connectivity index (χ1) is 10.7. The van der Waals surface area contributed by atoms with Gasteiger partial charge in [0.1, 0.15) is 0 Å². The lowest BCUT2D eigenvalue weighted by Gasteiger charge is -2.32. The molecule has 0 spiro atoms. The van der Waals surface area contributed by atoms with Crippen molar-refractivity contribution in [3.8, 4) is 0 Å². The summed E-state index contributed by atoms with van der Waals surface area (Å²) in [4.78, 5) is 0. The average Bonchev–Trinajstić information content (AvgIpc) is 2.92. The molecule has 1 aliphatic heterocycles. The molecular formula is C16H23BIN2O2P. The van der Waals surface area contributed by atoms with Gasteiger partial charge in [-0.2, -0.15) is 5.10 Å². The molecule has 2 heterocycles. The minimum Gasteiger partial charge on any atom is -0.399 e. The number of nitrogens with zero attached hydrogens (tertiary/aromatic N) is 2. The standard InChI is InChI=1S/C16H23BIN2O2P/c1-10(2)14-12-9-11(7-8-13(12)19-20(14)23-18)17-21-15(3,4)16(5,6)22-17/h7-10,23H,1-6H3. The first kappa shape index (κ1) is 17.7. The number of hydrogen-bond acceptors (Lipinski definition) is 3. The summed E-state index contributed by atoms with van der Waals surface area (Å²) in [5.74, 6) is 0.427. The van der Waals surface area contributed by atoms with E-state index in [2.05, 4.69) is 86.2 Å². The predicted octanol–water partition coefficient (Wildman–Crippen LogP) is 4.25. The fourth-order valence-corrected chi connectivity index (χ4v) is 4.59. The molecule has 1 aliphatic rings. The van der Waals surface area contributed by atoms with Crippen LogP contribution < -0.4 is 5.46 Å². The van der Waals surface area contributed by atoms with E-state index in [0.29, 0.717) is 12.3 Å². The Morgan fingerprint density at radius 3 is 2.30 bits per heavy atom. The van der Waals surface area contributed by atoms with Gasteiger partial charge in [0.05, 0.1) is 28.8 Å². The van der Waals surface area contributed by atoms with Crippen molar-refractivity contribution >= 4 is 51.9 Å². The Morgan fingerprint density at radius 1 is 1.17 bits per heavy atom. The summed E-state index contributed by atoms with van der Waals surface area (Å²) in [6, 6.07) is 6.34. The molecule has 23 heavy (non-hydrogen) atoms. The third-order valence-electron chi connectivity index (χ3n) is 4.88. The molecule has 0 saturated carbocycles. The molecule has 3 rings (SSSR count). The van der Waals surface area contributed by atoms with E-state index in [1.54, 1.807) is 0 Å². The van der Waals surface area contributed by atoms with Crippen LogP contribution in [0.4, 0.5) is 0 Å². The lowest BCUT2D eigenvalue weighted by Crippen LogP contribution is -2.41. The van der Waals surface area contributed by atoms with Gasteiger partial charge < -0.3 is 9.31 Å². The second-order valence-electron chi connectivity index (χ2n) is 7.40. The van der Waals surface area contributed by atoms with Crippen LogP contribution >= 0.6 is 28.4 Å². The maximum Gasteiger partial charge on any atom is 0.494 e. The minimum atomic E-state index is -0.324. The van der Waals surface area contributed by atoms with E-state index >= 15 is 0 Å². The SMILES string of the molecule is CC(C)c1c2cc(B3OC(C)(C)C(C)(C)O3)ccc2nn1PI. The molecule has 1 saturated heterocycles. The fourth-order valence-electron chi connectivity index (χ4n) is 2.87. The smallest absolute Gasteiger partial charge is 0.399 e. The predicted molar refractivity (Wildman–Crippen MR) is 107 cm³/mol. The first-order valence-corrected chi connectivity index (χ1v) is 12.0. The Balaban J connectivity index is 2.06. The van der Waals surface area contributed by atoms with Crippen molar-refractivity contribution in [3.63, 3.8) is 0 Å². The Labute approximate surface area is 153 Å². The number of hydrogen-bond donors (Lipinski definition) is 0. The van der Waals surface area contributed by atoms with Gasteiger partial charge in [-0.05, 0) is 67.2 Å². The highest BCUT2D eigenvalue weighted by Gasteiger charge is 2.51. The summed E-state index contributed by atoms with van der Waals surface area (Å²) < 4.78 is 14.5. The van der Waals surface area contributed by atoms with Crippen LogP contribution in [0.3, 0.4) is 0 Å². The zero-order valence-corrected chi connectivity index (χ0v) is 17.6. The molecule has 0 N–H and O–H groups in total. The lowest BCUT2D eigenvalue weighted by molar-refractivity contribution is 0.00578. The summed E-state index contributed by atoms with van der Waals surface area (Å²) >= 11 is 2.38. The molecule has 0 aliphatic carbocycles. The zero-order valence-electron chi connectivity index (χ0n) is 14.5. The molecule has 1 aromatic carbocycles. The number of halogens is 1. The molecule has 0 radical (unpaired) electrons. The van der Waals surface area contributed by atoms with Crippen LogP contribution in [0.2, 0.25) is 0 Å². The van der Waals surface area contributed by atoms with Crippen LogP contribution in [-0.4, -0.2) is 27.9 Å². The topological polar surface area (TPSA) is 36.3 Å². The van der Waals surface area contributed by atoms with E-state index in [4.69, 9.17) is 14.4 Å². The maximum absolute atomic E-state index is 6.18. The molecule has 4 nitrogen and oxygen atoms in total. The summed E-state index contributed by atoms with van der Waals surface area (Å²) in [7, 11) is -0.324. The molecule has 0 bridgehead atoms. The van der Waals surface area contributed by atoms with Gasteiger partial charge in [0, 0.05) is 5.39 Å². The third kappa shape index (κ3) is 2.96. The highest BCUT2D eigenvalue weighted by molar-refractivity contribution is 14.2. The third-order valence-corrected chi connectivity index (χ3v) is 6.76. The minimum absolute atomic E-state index is 0.318. The summed E-state index contributed by atoms with van der Waals surface area (Å²) in [5.41, 5.74) is 2.75. The molecule has 124 valence electrons. The largest absolute Gasteiger partial charge is 0.494 e. The molecule has 1 atom stereocenters. The summed E-state index contributed by atoms with van der Waals surface area (Å²) in [5, 5.41) is 5.92. The van der Waals surface area contributed by atoms with Crippen molar-refractivity contribution in [1.29, 1.82) is 0 Å². The fraction of sp³-hybridized carbons (Fsp3) is 0.562. The lowest BCUT2D eigenvalue weighted by atomic mass is 9.78. The van der Waals surface area contributed by atoms with Gasteiger partial charge in [-0.25, -0.2) is 4.45 Å². The van der Waals surface area contributed by atoms with E-state index in [0.717, 1.165) is 11.0 Å². The van der Waals surface area contributed by atoms with Gasteiger partial charge in [0.15, 0.2) is 0 Å². The molecule has 1 unspecified atom stereocenters. The maximum atomic E-state index is 6.18. The Hall–Kier alpha value is -0.165. The van der Waals surface area contributed by atoms with Gasteiger partial charge in [-0.3, -0.25) is 0 Å². The molecule has 7 heteroatoms. The zero-order chi connectivity index (χ0) is 17.0. The van der Waals surface area contributed by atoms with Gasteiger partial charge in [-0.1, -0.05) is 26.0 Å². The molecule has 2 aromatic rings. The van der Waals surface area contributed by atoms with E-state index in [9.17, 15) is 0 Å².